The van der Waals surface area contributed by atoms with Crippen molar-refractivity contribution in [3.63, 3.8) is 0 Å². The van der Waals surface area contributed by atoms with E-state index in [9.17, 15) is 0 Å². The molecule has 0 spiro atoms. The highest BCUT2D eigenvalue weighted by Crippen LogP contribution is 2.26. The van der Waals surface area contributed by atoms with E-state index >= 15 is 0 Å². The van der Waals surface area contributed by atoms with Crippen LogP contribution in [0.25, 0.3) is 0 Å². The molecule has 4 heteroatoms. The van der Waals surface area contributed by atoms with Crippen molar-refractivity contribution in [1.82, 2.24) is 4.90 Å². The number of benzene rings is 1. The first-order valence-corrected chi connectivity index (χ1v) is 7.40. The first kappa shape index (κ1) is 14.9. The summed E-state index contributed by atoms with van der Waals surface area (Å²) in [6.07, 6.45) is 0. The average molecular weight is 274 g/mol. The van der Waals surface area contributed by atoms with Gasteiger partial charge in [-0.3, -0.25) is 10.3 Å². The van der Waals surface area contributed by atoms with Crippen LogP contribution in [0.3, 0.4) is 0 Å². The van der Waals surface area contributed by atoms with Gasteiger partial charge in [-0.15, -0.1) is 0 Å². The van der Waals surface area contributed by atoms with E-state index in [2.05, 4.69) is 36.6 Å². The Balaban J connectivity index is 2.13. The maximum Gasteiger partial charge on any atom is 0.124 e. The van der Waals surface area contributed by atoms with Crippen LogP contribution in [0.15, 0.2) is 18.2 Å². The molecule has 0 atom stereocenters. The predicted octanol–water partition coefficient (Wildman–Crippen LogP) is 2.06. The number of nitrogens with zero attached hydrogens (tertiary/aromatic N) is 2. The number of amidine groups is 1. The molecule has 110 valence electrons. The molecule has 1 aliphatic rings. The van der Waals surface area contributed by atoms with Crippen molar-refractivity contribution >= 4 is 11.5 Å². The van der Waals surface area contributed by atoms with Gasteiger partial charge in [0.15, 0.2) is 0 Å². The number of para-hydroxylation sites is 1. The highest BCUT2D eigenvalue weighted by Gasteiger charge is 2.21. The van der Waals surface area contributed by atoms with Crippen LogP contribution in [0.5, 0.6) is 0 Å². The molecule has 1 saturated heterocycles. The zero-order valence-electron chi connectivity index (χ0n) is 12.8. The van der Waals surface area contributed by atoms with E-state index in [4.69, 9.17) is 11.1 Å². The summed E-state index contributed by atoms with van der Waals surface area (Å²) in [4.78, 5) is 4.90. The Kier molecular flexibility index (Phi) is 4.65. The first-order chi connectivity index (χ1) is 9.49. The van der Waals surface area contributed by atoms with Gasteiger partial charge in [-0.1, -0.05) is 26.0 Å². The summed E-state index contributed by atoms with van der Waals surface area (Å²) in [5.41, 5.74) is 8.94. The van der Waals surface area contributed by atoms with Crippen molar-refractivity contribution in [3.05, 3.63) is 29.3 Å². The number of nitrogens with two attached hydrogens (primary N) is 1. The van der Waals surface area contributed by atoms with E-state index < -0.39 is 0 Å². The number of hydrogen-bond acceptors (Lipinski definition) is 3. The van der Waals surface area contributed by atoms with Gasteiger partial charge in [-0.05, 0) is 24.5 Å². The molecule has 1 aromatic rings. The Morgan fingerprint density at radius 1 is 1.25 bits per heavy atom. The third-order valence-electron chi connectivity index (χ3n) is 3.84. The van der Waals surface area contributed by atoms with E-state index in [1.807, 2.05) is 12.1 Å². The van der Waals surface area contributed by atoms with Crippen molar-refractivity contribution in [1.29, 1.82) is 5.41 Å². The van der Waals surface area contributed by atoms with Crippen molar-refractivity contribution in [3.8, 4) is 0 Å². The molecule has 0 bridgehead atoms. The van der Waals surface area contributed by atoms with Gasteiger partial charge >= 0.3 is 0 Å². The lowest BCUT2D eigenvalue weighted by Crippen LogP contribution is -2.48. The van der Waals surface area contributed by atoms with Gasteiger partial charge in [0, 0.05) is 38.3 Å². The fourth-order valence-corrected chi connectivity index (χ4v) is 2.97. The average Bonchev–Trinajstić information content (AvgIpc) is 2.39. The summed E-state index contributed by atoms with van der Waals surface area (Å²) >= 11 is 0. The molecule has 3 N–H and O–H groups in total. The summed E-state index contributed by atoms with van der Waals surface area (Å²) < 4.78 is 0. The zero-order valence-corrected chi connectivity index (χ0v) is 12.8. The third-order valence-corrected chi connectivity index (χ3v) is 3.84. The number of aryl methyl sites for hydroxylation is 1. The SMILES string of the molecule is Cc1cccc(C(=N)N)c1N1CCN(CC(C)C)CC1. The second-order valence-electron chi connectivity index (χ2n) is 6.07. The van der Waals surface area contributed by atoms with Crippen LogP contribution in [-0.2, 0) is 0 Å². The zero-order chi connectivity index (χ0) is 14.7. The van der Waals surface area contributed by atoms with Crippen LogP contribution >= 0.6 is 0 Å². The minimum absolute atomic E-state index is 0.160. The van der Waals surface area contributed by atoms with Crippen molar-refractivity contribution in [2.45, 2.75) is 20.8 Å². The Morgan fingerprint density at radius 3 is 2.45 bits per heavy atom. The molecule has 1 aliphatic heterocycles. The van der Waals surface area contributed by atoms with Crippen molar-refractivity contribution < 1.29 is 0 Å². The Morgan fingerprint density at radius 2 is 1.90 bits per heavy atom. The van der Waals surface area contributed by atoms with Gasteiger partial charge in [-0.25, -0.2) is 0 Å². The predicted molar refractivity (Wildman–Crippen MR) is 85.7 cm³/mol. The molecule has 0 aliphatic carbocycles. The molecule has 4 nitrogen and oxygen atoms in total. The molecule has 1 aromatic carbocycles. The highest BCUT2D eigenvalue weighted by molar-refractivity contribution is 6.01. The van der Waals surface area contributed by atoms with Gasteiger partial charge in [0.05, 0.1) is 5.69 Å². The fraction of sp³-hybridized carbons (Fsp3) is 0.562. The van der Waals surface area contributed by atoms with Gasteiger partial charge < -0.3 is 10.6 Å². The van der Waals surface area contributed by atoms with E-state index in [0.717, 1.165) is 37.4 Å². The molecular formula is C16H26N4. The summed E-state index contributed by atoms with van der Waals surface area (Å²) in [6, 6.07) is 6.03. The molecular weight excluding hydrogens is 248 g/mol. The Hall–Kier alpha value is -1.55. The van der Waals surface area contributed by atoms with Crippen LogP contribution in [0.1, 0.15) is 25.0 Å². The molecule has 0 amide bonds. The largest absolute Gasteiger partial charge is 0.384 e. The third kappa shape index (κ3) is 3.31. The molecule has 1 fully saturated rings. The standard InChI is InChI=1S/C16H26N4/c1-12(2)11-19-7-9-20(10-8-19)15-13(3)5-4-6-14(15)16(17)18/h4-6,12H,7-11H2,1-3H3,(H3,17,18). The lowest BCUT2D eigenvalue weighted by molar-refractivity contribution is 0.231. The second-order valence-corrected chi connectivity index (χ2v) is 6.07. The van der Waals surface area contributed by atoms with Crippen LogP contribution < -0.4 is 10.6 Å². The summed E-state index contributed by atoms with van der Waals surface area (Å²) in [6.45, 7) is 12.0. The quantitative estimate of drug-likeness (QED) is 0.652. The smallest absolute Gasteiger partial charge is 0.124 e. The number of anilines is 1. The summed E-state index contributed by atoms with van der Waals surface area (Å²) in [5, 5.41) is 7.76. The van der Waals surface area contributed by atoms with Crippen LogP contribution in [0.4, 0.5) is 5.69 Å². The maximum absolute atomic E-state index is 7.76. The second kappa shape index (κ2) is 6.27. The topological polar surface area (TPSA) is 56.4 Å². The van der Waals surface area contributed by atoms with Gasteiger partial charge in [0.1, 0.15) is 5.84 Å². The maximum atomic E-state index is 7.76. The van der Waals surface area contributed by atoms with Crippen LogP contribution in [-0.4, -0.2) is 43.5 Å². The summed E-state index contributed by atoms with van der Waals surface area (Å²) in [7, 11) is 0. The summed E-state index contributed by atoms with van der Waals surface area (Å²) in [5.74, 6) is 0.876. The van der Waals surface area contributed by atoms with Crippen molar-refractivity contribution in [2.24, 2.45) is 11.7 Å². The fourth-order valence-electron chi connectivity index (χ4n) is 2.97. The minimum Gasteiger partial charge on any atom is -0.384 e. The van der Waals surface area contributed by atoms with Crippen molar-refractivity contribution in [2.75, 3.05) is 37.6 Å². The van der Waals surface area contributed by atoms with Crippen LogP contribution in [0.2, 0.25) is 0 Å². The number of nitrogen functional groups attached to an aromatic ring is 1. The number of rotatable bonds is 4. The van der Waals surface area contributed by atoms with Gasteiger partial charge in [-0.2, -0.15) is 0 Å². The van der Waals surface area contributed by atoms with E-state index in [-0.39, 0.29) is 5.84 Å². The minimum atomic E-state index is 0.160. The van der Waals surface area contributed by atoms with Gasteiger partial charge in [0.2, 0.25) is 0 Å². The number of nitrogens with one attached hydrogen (secondary N) is 1. The van der Waals surface area contributed by atoms with E-state index in [1.54, 1.807) is 0 Å². The Labute approximate surface area is 122 Å². The van der Waals surface area contributed by atoms with E-state index in [0.29, 0.717) is 5.92 Å². The molecule has 0 saturated carbocycles. The highest BCUT2D eigenvalue weighted by atomic mass is 15.3. The molecule has 0 radical (unpaired) electrons. The first-order valence-electron chi connectivity index (χ1n) is 7.40. The molecule has 0 unspecified atom stereocenters. The lowest BCUT2D eigenvalue weighted by atomic mass is 10.0. The number of piperazine rings is 1. The van der Waals surface area contributed by atoms with E-state index in [1.165, 1.54) is 12.1 Å². The Bertz CT molecular complexity index is 473. The molecule has 20 heavy (non-hydrogen) atoms. The normalized spacial score (nSPS) is 16.7. The monoisotopic (exact) mass is 274 g/mol. The number of hydrogen-bond donors (Lipinski definition) is 2. The molecule has 1 heterocycles. The van der Waals surface area contributed by atoms with Crippen LogP contribution in [0, 0.1) is 18.3 Å². The lowest BCUT2D eigenvalue weighted by Gasteiger charge is -2.38. The molecule has 2 rings (SSSR count). The molecule has 0 aromatic heterocycles. The van der Waals surface area contributed by atoms with Gasteiger partial charge in [0.25, 0.3) is 0 Å².